The van der Waals surface area contributed by atoms with Crippen LogP contribution in [0.2, 0.25) is 0 Å². The van der Waals surface area contributed by atoms with Gasteiger partial charge in [-0.3, -0.25) is 9.59 Å². The summed E-state index contributed by atoms with van der Waals surface area (Å²) in [6.07, 6.45) is 0.614. The van der Waals surface area contributed by atoms with Crippen molar-refractivity contribution in [2.75, 3.05) is 26.2 Å². The standard InChI is InChI=1S/C20H20FN3O3/c21-15-8-6-14(7-9-15)18(25)16-4-1-2-5-17(16)19(26)23-10-3-11-24(13-12-23)20(22)27/h1-2,4-9H,3,10-13H2,(H2,22,27). The molecule has 1 aliphatic heterocycles. The smallest absolute Gasteiger partial charge is 0.314 e. The van der Waals surface area contributed by atoms with Gasteiger partial charge in [-0.05, 0) is 36.8 Å². The molecule has 0 radical (unpaired) electrons. The van der Waals surface area contributed by atoms with Crippen molar-refractivity contribution in [1.82, 2.24) is 9.80 Å². The van der Waals surface area contributed by atoms with E-state index in [1.807, 2.05) is 0 Å². The number of amides is 3. The molecule has 1 aliphatic rings. The minimum atomic E-state index is -0.504. The fraction of sp³-hybridized carbons (Fsp3) is 0.250. The van der Waals surface area contributed by atoms with Crippen LogP contribution in [-0.2, 0) is 0 Å². The van der Waals surface area contributed by atoms with Crippen molar-refractivity contribution in [2.45, 2.75) is 6.42 Å². The number of carbonyl (C=O) groups excluding carboxylic acids is 3. The van der Waals surface area contributed by atoms with Gasteiger partial charge in [0.1, 0.15) is 5.82 Å². The molecule has 2 aromatic carbocycles. The highest BCUT2D eigenvalue weighted by Crippen LogP contribution is 2.18. The van der Waals surface area contributed by atoms with E-state index in [1.165, 1.54) is 29.2 Å². The molecule has 2 aromatic rings. The number of primary amides is 1. The van der Waals surface area contributed by atoms with Gasteiger partial charge in [0.05, 0.1) is 5.56 Å². The molecule has 1 fully saturated rings. The third-order valence-corrected chi connectivity index (χ3v) is 4.60. The maximum atomic E-state index is 13.1. The van der Waals surface area contributed by atoms with Crippen LogP contribution in [0.1, 0.15) is 32.7 Å². The minimum Gasteiger partial charge on any atom is -0.351 e. The summed E-state index contributed by atoms with van der Waals surface area (Å²) in [6.45, 7) is 1.67. The van der Waals surface area contributed by atoms with Gasteiger partial charge in [-0.1, -0.05) is 18.2 Å². The quantitative estimate of drug-likeness (QED) is 0.843. The number of hydrogen-bond donors (Lipinski definition) is 1. The van der Waals surface area contributed by atoms with Crippen LogP contribution in [0.25, 0.3) is 0 Å². The maximum absolute atomic E-state index is 13.1. The van der Waals surface area contributed by atoms with Gasteiger partial charge in [0.15, 0.2) is 5.78 Å². The van der Waals surface area contributed by atoms with Crippen LogP contribution in [0.5, 0.6) is 0 Å². The Balaban J connectivity index is 1.85. The Morgan fingerprint density at radius 1 is 0.815 bits per heavy atom. The lowest BCUT2D eigenvalue weighted by Gasteiger charge is -2.22. The third kappa shape index (κ3) is 4.13. The summed E-state index contributed by atoms with van der Waals surface area (Å²) >= 11 is 0. The SMILES string of the molecule is NC(=O)N1CCCN(C(=O)c2ccccc2C(=O)c2ccc(F)cc2)CC1. The zero-order chi connectivity index (χ0) is 19.4. The predicted octanol–water partition coefficient (Wildman–Crippen LogP) is 2.28. The second kappa shape index (κ2) is 7.99. The first kappa shape index (κ1) is 18.6. The predicted molar refractivity (Wildman–Crippen MR) is 98.0 cm³/mol. The van der Waals surface area contributed by atoms with Gasteiger partial charge in [-0.25, -0.2) is 9.18 Å². The second-order valence-electron chi connectivity index (χ2n) is 6.35. The number of carbonyl (C=O) groups is 3. The highest BCUT2D eigenvalue weighted by Gasteiger charge is 2.25. The number of ketones is 1. The lowest BCUT2D eigenvalue weighted by atomic mass is 9.97. The van der Waals surface area contributed by atoms with Crippen molar-refractivity contribution in [3.8, 4) is 0 Å². The Morgan fingerprint density at radius 3 is 2.07 bits per heavy atom. The number of benzene rings is 2. The van der Waals surface area contributed by atoms with Gasteiger partial charge < -0.3 is 15.5 Å². The first-order chi connectivity index (χ1) is 13.0. The number of halogens is 1. The molecule has 3 amide bonds. The molecule has 0 spiro atoms. The summed E-state index contributed by atoms with van der Waals surface area (Å²) in [6, 6.07) is 11.3. The van der Waals surface area contributed by atoms with E-state index in [4.69, 9.17) is 5.73 Å². The van der Waals surface area contributed by atoms with Crippen molar-refractivity contribution in [3.63, 3.8) is 0 Å². The molecule has 1 saturated heterocycles. The Kier molecular flexibility index (Phi) is 5.49. The lowest BCUT2D eigenvalue weighted by Crippen LogP contribution is -2.40. The van der Waals surface area contributed by atoms with Gasteiger partial charge in [0.25, 0.3) is 5.91 Å². The normalized spacial score (nSPS) is 14.6. The van der Waals surface area contributed by atoms with Gasteiger partial charge in [-0.15, -0.1) is 0 Å². The van der Waals surface area contributed by atoms with E-state index in [1.54, 1.807) is 29.2 Å². The van der Waals surface area contributed by atoms with E-state index in [-0.39, 0.29) is 17.3 Å². The van der Waals surface area contributed by atoms with Crippen LogP contribution in [0.15, 0.2) is 48.5 Å². The zero-order valence-electron chi connectivity index (χ0n) is 14.7. The fourth-order valence-electron chi connectivity index (χ4n) is 3.14. The van der Waals surface area contributed by atoms with Crippen molar-refractivity contribution >= 4 is 17.7 Å². The van der Waals surface area contributed by atoms with E-state index >= 15 is 0 Å². The molecular weight excluding hydrogens is 349 g/mol. The highest BCUT2D eigenvalue weighted by atomic mass is 19.1. The monoisotopic (exact) mass is 369 g/mol. The van der Waals surface area contributed by atoms with Gasteiger partial charge in [0.2, 0.25) is 0 Å². The first-order valence-electron chi connectivity index (χ1n) is 8.70. The fourth-order valence-corrected chi connectivity index (χ4v) is 3.14. The molecule has 0 unspecified atom stereocenters. The van der Waals surface area contributed by atoms with Crippen LogP contribution in [0, 0.1) is 5.82 Å². The van der Waals surface area contributed by atoms with Gasteiger partial charge in [-0.2, -0.15) is 0 Å². The third-order valence-electron chi connectivity index (χ3n) is 4.60. The molecule has 6 nitrogen and oxygen atoms in total. The maximum Gasteiger partial charge on any atom is 0.314 e. The molecule has 7 heteroatoms. The van der Waals surface area contributed by atoms with Crippen LogP contribution in [0.4, 0.5) is 9.18 Å². The molecule has 0 aliphatic carbocycles. The lowest BCUT2D eigenvalue weighted by molar-refractivity contribution is 0.0758. The number of nitrogens with two attached hydrogens (primary N) is 1. The molecular formula is C20H20FN3O3. The van der Waals surface area contributed by atoms with E-state index in [9.17, 15) is 18.8 Å². The van der Waals surface area contributed by atoms with Crippen LogP contribution >= 0.6 is 0 Å². The minimum absolute atomic E-state index is 0.269. The number of rotatable bonds is 3. The molecule has 0 bridgehead atoms. The second-order valence-corrected chi connectivity index (χ2v) is 6.35. The number of hydrogen-bond acceptors (Lipinski definition) is 3. The van der Waals surface area contributed by atoms with Crippen molar-refractivity contribution in [1.29, 1.82) is 0 Å². The average molecular weight is 369 g/mol. The van der Waals surface area contributed by atoms with Crippen molar-refractivity contribution in [2.24, 2.45) is 5.73 Å². The molecule has 0 atom stereocenters. The van der Waals surface area contributed by atoms with E-state index < -0.39 is 11.8 Å². The van der Waals surface area contributed by atoms with Crippen LogP contribution in [-0.4, -0.2) is 53.7 Å². The highest BCUT2D eigenvalue weighted by molar-refractivity contribution is 6.15. The van der Waals surface area contributed by atoms with Crippen LogP contribution in [0.3, 0.4) is 0 Å². The summed E-state index contributed by atoms with van der Waals surface area (Å²) in [5.74, 6) is -1.04. The Hall–Kier alpha value is -3.22. The van der Waals surface area contributed by atoms with E-state index in [2.05, 4.69) is 0 Å². The number of urea groups is 1. The van der Waals surface area contributed by atoms with Crippen LogP contribution < -0.4 is 5.73 Å². The van der Waals surface area contributed by atoms with Gasteiger partial charge >= 0.3 is 6.03 Å². The molecule has 3 rings (SSSR count). The molecule has 0 aromatic heterocycles. The van der Waals surface area contributed by atoms with Gasteiger partial charge in [0, 0.05) is 37.3 Å². The number of nitrogens with zero attached hydrogens (tertiary/aromatic N) is 2. The average Bonchev–Trinajstić information content (AvgIpc) is 2.94. The molecule has 1 heterocycles. The van der Waals surface area contributed by atoms with Crippen molar-refractivity contribution < 1.29 is 18.8 Å². The molecule has 140 valence electrons. The summed E-state index contributed by atoms with van der Waals surface area (Å²) in [5.41, 5.74) is 6.19. The van der Waals surface area contributed by atoms with Crippen molar-refractivity contribution in [3.05, 3.63) is 71.0 Å². The largest absolute Gasteiger partial charge is 0.351 e. The molecule has 27 heavy (non-hydrogen) atoms. The Bertz CT molecular complexity index is 867. The Morgan fingerprint density at radius 2 is 1.41 bits per heavy atom. The molecule has 0 saturated carbocycles. The summed E-state index contributed by atoms with van der Waals surface area (Å²) < 4.78 is 13.1. The summed E-state index contributed by atoms with van der Waals surface area (Å²) in [7, 11) is 0. The van der Waals surface area contributed by atoms with E-state index in [0.29, 0.717) is 43.7 Å². The topological polar surface area (TPSA) is 83.7 Å². The first-order valence-corrected chi connectivity index (χ1v) is 8.70. The Labute approximate surface area is 156 Å². The van der Waals surface area contributed by atoms with E-state index in [0.717, 1.165) is 0 Å². The zero-order valence-corrected chi connectivity index (χ0v) is 14.7. The molecule has 2 N–H and O–H groups in total. The summed E-state index contributed by atoms with van der Waals surface area (Å²) in [5, 5.41) is 0. The summed E-state index contributed by atoms with van der Waals surface area (Å²) in [4.78, 5) is 40.3.